The molecule has 2 N–H and O–H groups in total. The first-order chi connectivity index (χ1) is 13.3. The Morgan fingerprint density at radius 2 is 1.93 bits per heavy atom. The van der Waals surface area contributed by atoms with Crippen molar-refractivity contribution in [1.82, 2.24) is 0 Å². The van der Waals surface area contributed by atoms with E-state index in [1.165, 1.54) is 24.1 Å². The molecule has 1 aliphatic rings. The van der Waals surface area contributed by atoms with Gasteiger partial charge in [-0.05, 0) is 36.6 Å². The number of nitrogens with two attached hydrogens (primary N) is 1. The number of carbonyl (C=O) groups is 2. The number of halogens is 3. The molecule has 0 bridgehead atoms. The quantitative estimate of drug-likeness (QED) is 0.821. The molecule has 0 aliphatic carbocycles. The number of hydrogen-bond acceptors (Lipinski definition) is 4. The summed E-state index contributed by atoms with van der Waals surface area (Å²) in [7, 11) is 1.35. The first-order valence-electron chi connectivity index (χ1n) is 8.40. The zero-order valence-electron chi connectivity index (χ0n) is 14.9. The van der Waals surface area contributed by atoms with Gasteiger partial charge in [0.05, 0.1) is 17.8 Å². The van der Waals surface area contributed by atoms with E-state index >= 15 is 0 Å². The van der Waals surface area contributed by atoms with Crippen molar-refractivity contribution in [3.05, 3.63) is 52.0 Å². The molecule has 0 fully saturated rings. The van der Waals surface area contributed by atoms with Crippen LogP contribution >= 0.6 is 11.6 Å². The molecule has 9 heteroatoms. The SMILES string of the molecule is COc1cc(C(=O)N2CCCc3cc(F)c(F)cc32)cc(Cl)c1OCC(N)=O. The summed E-state index contributed by atoms with van der Waals surface area (Å²) in [5, 5.41) is 0.0477. The molecule has 0 saturated heterocycles. The van der Waals surface area contributed by atoms with Gasteiger partial charge in [-0.2, -0.15) is 0 Å². The third-order valence-electron chi connectivity index (χ3n) is 4.32. The van der Waals surface area contributed by atoms with Gasteiger partial charge in [-0.15, -0.1) is 0 Å². The summed E-state index contributed by atoms with van der Waals surface area (Å²) in [5.41, 5.74) is 6.10. The van der Waals surface area contributed by atoms with Gasteiger partial charge in [0.15, 0.2) is 29.7 Å². The van der Waals surface area contributed by atoms with E-state index in [2.05, 4.69) is 0 Å². The molecule has 0 saturated carbocycles. The van der Waals surface area contributed by atoms with E-state index in [1.807, 2.05) is 0 Å². The second-order valence-corrected chi connectivity index (χ2v) is 6.61. The molecule has 0 spiro atoms. The average Bonchev–Trinajstić information content (AvgIpc) is 2.66. The number of anilines is 1. The molecule has 28 heavy (non-hydrogen) atoms. The van der Waals surface area contributed by atoms with Crippen molar-refractivity contribution in [3.63, 3.8) is 0 Å². The molecular weight excluding hydrogens is 394 g/mol. The number of amides is 2. The lowest BCUT2D eigenvalue weighted by atomic mass is 10.00. The van der Waals surface area contributed by atoms with E-state index in [-0.39, 0.29) is 22.1 Å². The molecular formula is C19H17ClF2N2O4. The van der Waals surface area contributed by atoms with Crippen LogP contribution in [0.3, 0.4) is 0 Å². The molecule has 1 aliphatic heterocycles. The van der Waals surface area contributed by atoms with Crippen LogP contribution in [0.1, 0.15) is 22.3 Å². The highest BCUT2D eigenvalue weighted by atomic mass is 35.5. The van der Waals surface area contributed by atoms with Gasteiger partial charge in [-0.25, -0.2) is 8.78 Å². The van der Waals surface area contributed by atoms with Crippen LogP contribution < -0.4 is 20.1 Å². The first-order valence-corrected chi connectivity index (χ1v) is 8.78. The smallest absolute Gasteiger partial charge is 0.258 e. The van der Waals surface area contributed by atoms with E-state index in [0.717, 1.165) is 12.1 Å². The molecule has 1 heterocycles. The zero-order chi connectivity index (χ0) is 20.4. The molecule has 6 nitrogen and oxygen atoms in total. The van der Waals surface area contributed by atoms with Crippen LogP contribution in [0.2, 0.25) is 5.02 Å². The van der Waals surface area contributed by atoms with Gasteiger partial charge in [0.2, 0.25) is 0 Å². The maximum absolute atomic E-state index is 13.7. The van der Waals surface area contributed by atoms with Crippen molar-refractivity contribution >= 4 is 29.1 Å². The third-order valence-corrected chi connectivity index (χ3v) is 4.60. The van der Waals surface area contributed by atoms with Gasteiger partial charge in [0.1, 0.15) is 0 Å². The monoisotopic (exact) mass is 410 g/mol. The lowest BCUT2D eigenvalue weighted by Gasteiger charge is -2.30. The van der Waals surface area contributed by atoms with Gasteiger partial charge < -0.3 is 20.1 Å². The minimum atomic E-state index is -1.02. The van der Waals surface area contributed by atoms with Gasteiger partial charge in [-0.1, -0.05) is 11.6 Å². The van der Waals surface area contributed by atoms with Crippen molar-refractivity contribution in [2.24, 2.45) is 5.73 Å². The second kappa shape index (κ2) is 8.02. The zero-order valence-corrected chi connectivity index (χ0v) is 15.7. The lowest BCUT2D eigenvalue weighted by molar-refractivity contribution is -0.119. The van der Waals surface area contributed by atoms with E-state index in [1.54, 1.807) is 0 Å². The summed E-state index contributed by atoms with van der Waals surface area (Å²) in [6, 6.07) is 4.89. The topological polar surface area (TPSA) is 81.9 Å². The Morgan fingerprint density at radius 1 is 1.21 bits per heavy atom. The summed E-state index contributed by atoms with van der Waals surface area (Å²) >= 11 is 6.19. The number of nitrogens with zero attached hydrogens (tertiary/aromatic N) is 1. The average molecular weight is 411 g/mol. The number of benzene rings is 2. The number of fused-ring (bicyclic) bond motifs is 1. The Bertz CT molecular complexity index is 952. The molecule has 2 aromatic rings. The molecule has 148 valence electrons. The van der Waals surface area contributed by atoms with Crippen LogP contribution in [0, 0.1) is 11.6 Å². The number of primary amides is 1. The van der Waals surface area contributed by atoms with Crippen molar-refractivity contribution in [2.45, 2.75) is 12.8 Å². The van der Waals surface area contributed by atoms with Crippen LogP contribution in [0.4, 0.5) is 14.5 Å². The molecule has 0 aromatic heterocycles. The fourth-order valence-electron chi connectivity index (χ4n) is 3.07. The third kappa shape index (κ3) is 3.87. The van der Waals surface area contributed by atoms with E-state index in [0.29, 0.717) is 30.6 Å². The van der Waals surface area contributed by atoms with Crippen LogP contribution in [0.15, 0.2) is 24.3 Å². The molecule has 2 amide bonds. The highest BCUT2D eigenvalue weighted by molar-refractivity contribution is 6.33. The number of rotatable bonds is 5. The van der Waals surface area contributed by atoms with Crippen LogP contribution in [0.25, 0.3) is 0 Å². The van der Waals surface area contributed by atoms with Gasteiger partial charge in [-0.3, -0.25) is 9.59 Å². The van der Waals surface area contributed by atoms with Gasteiger partial charge in [0, 0.05) is 18.2 Å². The Labute approximate surface area is 164 Å². The number of methoxy groups -OCH3 is 1. The summed E-state index contributed by atoms with van der Waals surface area (Å²) in [6.07, 6.45) is 1.15. The normalized spacial score (nSPS) is 13.1. The lowest BCUT2D eigenvalue weighted by Crippen LogP contribution is -2.35. The fourth-order valence-corrected chi connectivity index (χ4v) is 3.34. The summed E-state index contributed by atoms with van der Waals surface area (Å²) < 4.78 is 37.7. The van der Waals surface area contributed by atoms with Crippen LogP contribution in [-0.4, -0.2) is 32.1 Å². The van der Waals surface area contributed by atoms with Crippen molar-refractivity contribution in [1.29, 1.82) is 0 Å². The Hall–Kier alpha value is -2.87. The summed E-state index contributed by atoms with van der Waals surface area (Å²) in [4.78, 5) is 25.3. The highest BCUT2D eigenvalue weighted by Gasteiger charge is 2.27. The maximum Gasteiger partial charge on any atom is 0.258 e. The number of aryl methyl sites for hydroxylation is 1. The predicted molar refractivity (Wildman–Crippen MR) is 99.0 cm³/mol. The fraction of sp³-hybridized carbons (Fsp3) is 0.263. The Balaban J connectivity index is 1.97. The first kappa shape index (κ1) is 19.9. The highest BCUT2D eigenvalue weighted by Crippen LogP contribution is 2.38. The standard InChI is InChI=1S/C19H17ClF2N2O4/c1-27-16-7-11(5-12(20)18(16)28-9-17(23)25)19(26)24-4-2-3-10-6-13(21)14(22)8-15(10)24/h5-8H,2-4,9H2,1H3,(H2,23,25). The van der Waals surface area contributed by atoms with Gasteiger partial charge >= 0.3 is 0 Å². The minimum absolute atomic E-state index is 0.0477. The van der Waals surface area contributed by atoms with Crippen molar-refractivity contribution in [3.8, 4) is 11.5 Å². The molecule has 3 rings (SSSR count). The number of carbonyl (C=O) groups excluding carboxylic acids is 2. The molecule has 0 atom stereocenters. The van der Waals surface area contributed by atoms with Crippen LogP contribution in [0.5, 0.6) is 11.5 Å². The van der Waals surface area contributed by atoms with E-state index in [9.17, 15) is 18.4 Å². The van der Waals surface area contributed by atoms with Gasteiger partial charge in [0.25, 0.3) is 11.8 Å². The summed E-state index contributed by atoms with van der Waals surface area (Å²) in [6.45, 7) is -0.0650. The van der Waals surface area contributed by atoms with Crippen molar-refractivity contribution < 1.29 is 27.8 Å². The number of ether oxygens (including phenoxy) is 2. The second-order valence-electron chi connectivity index (χ2n) is 6.20. The molecule has 0 unspecified atom stereocenters. The molecule has 2 aromatic carbocycles. The van der Waals surface area contributed by atoms with E-state index in [4.69, 9.17) is 26.8 Å². The minimum Gasteiger partial charge on any atom is -0.493 e. The van der Waals surface area contributed by atoms with Crippen molar-refractivity contribution in [2.75, 3.05) is 25.2 Å². The molecule has 0 radical (unpaired) electrons. The Kier molecular flexibility index (Phi) is 5.69. The van der Waals surface area contributed by atoms with E-state index < -0.39 is 30.1 Å². The number of hydrogen-bond donors (Lipinski definition) is 1. The van der Waals surface area contributed by atoms with Crippen LogP contribution in [-0.2, 0) is 11.2 Å². The maximum atomic E-state index is 13.7. The Morgan fingerprint density at radius 3 is 2.61 bits per heavy atom. The largest absolute Gasteiger partial charge is 0.493 e. The predicted octanol–water partition coefficient (Wildman–Crippen LogP) is 3.08. The summed E-state index contributed by atoms with van der Waals surface area (Å²) in [5.74, 6) is -2.91.